The minimum atomic E-state index is -0.145. The number of nitrogens with one attached hydrogen (secondary N) is 1. The van der Waals surface area contributed by atoms with E-state index in [1.54, 1.807) is 6.20 Å². The maximum atomic E-state index is 13.4. The van der Waals surface area contributed by atoms with Crippen LogP contribution in [0, 0.1) is 12.8 Å². The maximum Gasteiger partial charge on any atom is 0.253 e. The Hall–Kier alpha value is -3.04. The van der Waals surface area contributed by atoms with Crippen LogP contribution in [0.3, 0.4) is 0 Å². The summed E-state index contributed by atoms with van der Waals surface area (Å²) in [7, 11) is 2.20. The van der Waals surface area contributed by atoms with E-state index in [-0.39, 0.29) is 21.3 Å². The predicted octanol–water partition coefficient (Wildman–Crippen LogP) is 8.11. The molecule has 2 unspecified atom stereocenters. The van der Waals surface area contributed by atoms with Crippen molar-refractivity contribution in [2.24, 2.45) is 5.92 Å². The third kappa shape index (κ3) is 8.16. The molecule has 6 nitrogen and oxygen atoms in total. The lowest BCUT2D eigenvalue weighted by atomic mass is 9.87. The molecule has 3 aromatic rings. The summed E-state index contributed by atoms with van der Waals surface area (Å²) in [5.41, 5.74) is 9.38. The van der Waals surface area contributed by atoms with E-state index in [1.165, 1.54) is 27.8 Å². The molecule has 1 aliphatic carbocycles. The average molecular weight is 745 g/mol. The van der Waals surface area contributed by atoms with Crippen LogP contribution >= 0.6 is 22.6 Å². The minimum Gasteiger partial charge on any atom is -0.345 e. The van der Waals surface area contributed by atoms with Gasteiger partial charge in [0.05, 0.1) is 11.6 Å². The van der Waals surface area contributed by atoms with Crippen molar-refractivity contribution >= 4 is 40.0 Å². The second-order valence-corrected chi connectivity index (χ2v) is 17.0. The average Bonchev–Trinajstić information content (AvgIpc) is 3.46. The highest BCUT2D eigenvalue weighted by Crippen LogP contribution is 2.42. The number of hydrogen-bond donors (Lipinski definition) is 1. The largest absolute Gasteiger partial charge is 0.345 e. The molecule has 2 aromatic carbocycles. The molecular formula is C40H49IN4O2. The zero-order valence-electron chi connectivity index (χ0n) is 28.4. The number of amides is 2. The van der Waals surface area contributed by atoms with E-state index in [0.29, 0.717) is 17.4 Å². The van der Waals surface area contributed by atoms with E-state index in [2.05, 4.69) is 112 Å². The van der Waals surface area contributed by atoms with Gasteiger partial charge >= 0.3 is 0 Å². The van der Waals surface area contributed by atoms with Crippen LogP contribution in [-0.4, -0.2) is 63.2 Å². The first-order valence-corrected chi connectivity index (χ1v) is 18.5. The molecule has 1 N–H and O–H groups in total. The van der Waals surface area contributed by atoms with E-state index in [1.807, 2.05) is 19.2 Å². The number of hydrogen-bond acceptors (Lipinski definition) is 4. The molecular weight excluding hydrogens is 695 g/mol. The van der Waals surface area contributed by atoms with E-state index < -0.39 is 0 Å². The summed E-state index contributed by atoms with van der Waals surface area (Å²) >= 11 is 2.52. The van der Waals surface area contributed by atoms with E-state index in [0.717, 1.165) is 82.3 Å². The van der Waals surface area contributed by atoms with E-state index in [9.17, 15) is 9.59 Å². The van der Waals surface area contributed by atoms with Gasteiger partial charge in [0, 0.05) is 47.9 Å². The minimum absolute atomic E-state index is 0.111. The van der Waals surface area contributed by atoms with Crippen molar-refractivity contribution in [1.29, 1.82) is 0 Å². The number of nitrogens with zero attached hydrogens (tertiary/aromatic N) is 3. The second kappa shape index (κ2) is 14.6. The highest BCUT2D eigenvalue weighted by atomic mass is 127. The number of benzene rings is 2. The van der Waals surface area contributed by atoms with Gasteiger partial charge in [-0.1, -0.05) is 89.2 Å². The number of aryl methyl sites for hydroxylation is 1. The summed E-state index contributed by atoms with van der Waals surface area (Å²) in [6, 6.07) is 19.5. The smallest absolute Gasteiger partial charge is 0.253 e. The highest BCUT2D eigenvalue weighted by Gasteiger charge is 2.39. The molecule has 2 saturated heterocycles. The summed E-state index contributed by atoms with van der Waals surface area (Å²) in [6.45, 7) is 10.2. The van der Waals surface area contributed by atoms with Gasteiger partial charge in [-0.3, -0.25) is 14.6 Å². The number of pyridine rings is 1. The molecule has 0 bridgehead atoms. The first-order valence-electron chi connectivity index (χ1n) is 17.4. The van der Waals surface area contributed by atoms with Gasteiger partial charge in [0.15, 0.2) is 0 Å². The molecule has 3 fully saturated rings. The number of aromatic nitrogens is 1. The van der Waals surface area contributed by atoms with Gasteiger partial charge in [-0.25, -0.2) is 0 Å². The molecule has 3 atom stereocenters. The fourth-order valence-electron chi connectivity index (χ4n) is 7.64. The lowest BCUT2D eigenvalue weighted by molar-refractivity contribution is -0.136. The fraction of sp³-hybridized carbons (Fsp3) is 0.475. The lowest BCUT2D eigenvalue weighted by Gasteiger charge is -2.34. The quantitative estimate of drug-likeness (QED) is 0.196. The molecule has 2 aliphatic heterocycles. The molecule has 6 rings (SSSR count). The predicted molar refractivity (Wildman–Crippen MR) is 199 cm³/mol. The molecule has 3 aliphatic rings. The van der Waals surface area contributed by atoms with Crippen LogP contribution < -0.4 is 5.32 Å². The Labute approximate surface area is 294 Å². The second-order valence-electron chi connectivity index (χ2n) is 14.4. The van der Waals surface area contributed by atoms with Crippen LogP contribution in [0.1, 0.15) is 109 Å². The zero-order chi connectivity index (χ0) is 33.1. The monoisotopic (exact) mass is 744 g/mol. The summed E-state index contributed by atoms with van der Waals surface area (Å²) in [5.74, 6) is 0.707. The Morgan fingerprint density at radius 2 is 1.55 bits per heavy atom. The molecule has 47 heavy (non-hydrogen) atoms. The van der Waals surface area contributed by atoms with Gasteiger partial charge in [0.2, 0.25) is 5.91 Å². The zero-order valence-corrected chi connectivity index (χ0v) is 30.6. The highest BCUT2D eigenvalue weighted by molar-refractivity contribution is 14.1. The lowest BCUT2D eigenvalue weighted by Crippen LogP contribution is -2.41. The van der Waals surface area contributed by atoms with Crippen LogP contribution in [0.4, 0.5) is 0 Å². The van der Waals surface area contributed by atoms with Gasteiger partial charge in [-0.05, 0) is 106 Å². The van der Waals surface area contributed by atoms with Crippen molar-refractivity contribution in [3.8, 4) is 0 Å². The molecule has 1 aromatic heterocycles. The van der Waals surface area contributed by atoms with Gasteiger partial charge in [-0.2, -0.15) is 0 Å². The van der Waals surface area contributed by atoms with Crippen molar-refractivity contribution in [1.82, 2.24) is 20.1 Å². The fourth-order valence-corrected chi connectivity index (χ4v) is 8.48. The Bertz CT molecular complexity index is 1600. The van der Waals surface area contributed by atoms with Gasteiger partial charge < -0.3 is 15.1 Å². The van der Waals surface area contributed by atoms with Crippen LogP contribution in [0.25, 0.3) is 5.57 Å². The molecule has 0 radical (unpaired) electrons. The first-order chi connectivity index (χ1) is 22.6. The van der Waals surface area contributed by atoms with Crippen molar-refractivity contribution in [3.05, 3.63) is 106 Å². The van der Waals surface area contributed by atoms with Gasteiger partial charge in [-0.15, -0.1) is 0 Å². The SMILES string of the molecule is Cc1ccc(C(=C2CCN(C)CC2)c2ccc([C@@H](C)NC(=O)c3cncc(C4CCN(C(=O)C5CCC(C)(I)C5)CC4)c3)cc2)cc1. The third-order valence-corrected chi connectivity index (χ3v) is 11.6. The normalized spacial score (nSPS) is 23.0. The van der Waals surface area contributed by atoms with E-state index >= 15 is 0 Å². The van der Waals surface area contributed by atoms with Crippen molar-refractivity contribution in [3.63, 3.8) is 0 Å². The van der Waals surface area contributed by atoms with Crippen molar-refractivity contribution in [2.75, 3.05) is 33.2 Å². The molecule has 2 amide bonds. The molecule has 3 heterocycles. The Morgan fingerprint density at radius 3 is 2.17 bits per heavy atom. The van der Waals surface area contributed by atoms with Crippen LogP contribution in [0.15, 0.2) is 72.6 Å². The van der Waals surface area contributed by atoms with E-state index in [4.69, 9.17) is 0 Å². The number of carbonyl (C=O) groups excluding carboxylic acids is 2. The summed E-state index contributed by atoms with van der Waals surface area (Å²) in [5, 5.41) is 3.21. The molecule has 248 valence electrons. The third-order valence-electron chi connectivity index (χ3n) is 10.7. The Kier molecular flexibility index (Phi) is 10.5. The summed E-state index contributed by atoms with van der Waals surface area (Å²) in [4.78, 5) is 35.5. The first kappa shape index (κ1) is 33.8. The number of halogens is 1. The number of likely N-dealkylation sites (tertiary alicyclic amines) is 2. The number of carbonyl (C=O) groups is 2. The van der Waals surface area contributed by atoms with Crippen LogP contribution in [-0.2, 0) is 4.79 Å². The summed E-state index contributed by atoms with van der Waals surface area (Å²) < 4.78 is 0.249. The van der Waals surface area contributed by atoms with Crippen molar-refractivity contribution in [2.45, 2.75) is 81.1 Å². The Balaban J connectivity index is 1.09. The number of alkyl halides is 1. The van der Waals surface area contributed by atoms with Crippen molar-refractivity contribution < 1.29 is 9.59 Å². The number of rotatable bonds is 7. The number of piperidine rings is 2. The molecule has 1 saturated carbocycles. The standard InChI is InChI=1S/C40H49IN4O2/c1-27-5-7-31(8-6-27)37(33-14-19-44(4)20-15-33)32-11-9-29(10-12-32)28(2)43-38(46)36-23-35(25-42-26-36)30-16-21-45(22-17-30)39(47)34-13-18-40(3,41)24-34/h5-12,23,25-26,28,30,34H,13-22,24H2,1-4H3,(H,43,46)/t28-,34?,40?/m1/s1. The van der Waals surface area contributed by atoms with Gasteiger partial charge in [0.1, 0.15) is 0 Å². The van der Waals surface area contributed by atoms with Crippen LogP contribution in [0.5, 0.6) is 0 Å². The Morgan fingerprint density at radius 1 is 0.915 bits per heavy atom. The van der Waals surface area contributed by atoms with Crippen LogP contribution in [0.2, 0.25) is 0 Å². The molecule has 7 heteroatoms. The topological polar surface area (TPSA) is 65.5 Å². The maximum absolute atomic E-state index is 13.4. The van der Waals surface area contributed by atoms with Gasteiger partial charge in [0.25, 0.3) is 5.91 Å². The molecule has 0 spiro atoms. The summed E-state index contributed by atoms with van der Waals surface area (Å²) in [6.07, 6.45) is 10.6.